The highest BCUT2D eigenvalue weighted by Gasteiger charge is 2.09. The van der Waals surface area contributed by atoms with Crippen molar-refractivity contribution in [3.8, 4) is 5.75 Å². The van der Waals surface area contributed by atoms with Gasteiger partial charge in [0.25, 0.3) is 0 Å². The predicted octanol–water partition coefficient (Wildman–Crippen LogP) is 4.72. The SMILES string of the molecule is CCCOc1cccc(C(=O)Cc2cc(Br)cs2)c1. The number of hydrogen-bond donors (Lipinski definition) is 0. The van der Waals surface area contributed by atoms with Crippen LogP contribution in [0.2, 0.25) is 0 Å². The van der Waals surface area contributed by atoms with Crippen molar-refractivity contribution in [2.45, 2.75) is 19.8 Å². The second-order valence-electron chi connectivity index (χ2n) is 4.21. The maximum absolute atomic E-state index is 12.2. The van der Waals surface area contributed by atoms with Crippen molar-refractivity contribution in [3.63, 3.8) is 0 Å². The summed E-state index contributed by atoms with van der Waals surface area (Å²) in [6, 6.07) is 9.39. The van der Waals surface area contributed by atoms with Gasteiger partial charge < -0.3 is 4.74 Å². The summed E-state index contributed by atoms with van der Waals surface area (Å²) in [6.07, 6.45) is 1.40. The van der Waals surface area contributed by atoms with E-state index in [1.54, 1.807) is 11.3 Å². The molecule has 0 N–H and O–H groups in total. The van der Waals surface area contributed by atoms with E-state index in [1.807, 2.05) is 35.7 Å². The molecule has 0 amide bonds. The fourth-order valence-corrected chi connectivity index (χ4v) is 3.14. The summed E-state index contributed by atoms with van der Waals surface area (Å²) < 4.78 is 6.57. The Morgan fingerprint density at radius 1 is 1.37 bits per heavy atom. The smallest absolute Gasteiger partial charge is 0.168 e. The van der Waals surface area contributed by atoms with Gasteiger partial charge in [0.1, 0.15) is 5.75 Å². The molecule has 1 aromatic carbocycles. The summed E-state index contributed by atoms with van der Waals surface area (Å²) in [5.41, 5.74) is 0.707. The van der Waals surface area contributed by atoms with Gasteiger partial charge in [0.15, 0.2) is 5.78 Å². The van der Waals surface area contributed by atoms with Gasteiger partial charge >= 0.3 is 0 Å². The van der Waals surface area contributed by atoms with Gasteiger partial charge in [0, 0.05) is 26.7 Å². The third kappa shape index (κ3) is 4.18. The van der Waals surface area contributed by atoms with Crippen molar-refractivity contribution in [2.24, 2.45) is 0 Å². The second kappa shape index (κ2) is 6.87. The number of Topliss-reactive ketones (excluding diaryl/α,β-unsaturated/α-hetero) is 1. The van der Waals surface area contributed by atoms with Crippen LogP contribution in [-0.2, 0) is 6.42 Å². The number of rotatable bonds is 6. The Hall–Kier alpha value is -1.13. The summed E-state index contributed by atoms with van der Waals surface area (Å²) in [5, 5.41) is 1.99. The number of ketones is 1. The van der Waals surface area contributed by atoms with Gasteiger partial charge in [0.2, 0.25) is 0 Å². The van der Waals surface area contributed by atoms with Crippen molar-refractivity contribution in [1.29, 1.82) is 0 Å². The van der Waals surface area contributed by atoms with E-state index in [-0.39, 0.29) is 5.78 Å². The van der Waals surface area contributed by atoms with Gasteiger partial charge in [0.05, 0.1) is 6.61 Å². The molecule has 2 aromatic rings. The van der Waals surface area contributed by atoms with Crippen LogP contribution in [0.25, 0.3) is 0 Å². The first-order valence-corrected chi connectivity index (χ1v) is 7.85. The molecule has 0 saturated heterocycles. The van der Waals surface area contributed by atoms with Gasteiger partial charge in [-0.1, -0.05) is 19.1 Å². The third-order valence-corrected chi connectivity index (χ3v) is 4.28. The number of halogens is 1. The third-order valence-electron chi connectivity index (χ3n) is 2.59. The minimum atomic E-state index is 0.122. The summed E-state index contributed by atoms with van der Waals surface area (Å²) in [4.78, 5) is 13.3. The molecule has 0 unspecified atom stereocenters. The molecule has 19 heavy (non-hydrogen) atoms. The van der Waals surface area contributed by atoms with Crippen molar-refractivity contribution in [2.75, 3.05) is 6.61 Å². The van der Waals surface area contributed by atoms with E-state index in [0.29, 0.717) is 18.6 Å². The molecule has 0 atom stereocenters. The van der Waals surface area contributed by atoms with Crippen molar-refractivity contribution in [1.82, 2.24) is 0 Å². The zero-order valence-electron chi connectivity index (χ0n) is 10.7. The first-order valence-electron chi connectivity index (χ1n) is 6.18. The van der Waals surface area contributed by atoms with E-state index in [1.165, 1.54) is 0 Å². The average Bonchev–Trinajstić information content (AvgIpc) is 2.82. The van der Waals surface area contributed by atoms with Gasteiger partial charge in [-0.05, 0) is 40.5 Å². The summed E-state index contributed by atoms with van der Waals surface area (Å²) in [7, 11) is 0. The Morgan fingerprint density at radius 2 is 2.21 bits per heavy atom. The molecule has 0 aliphatic carbocycles. The topological polar surface area (TPSA) is 26.3 Å². The monoisotopic (exact) mass is 338 g/mol. The molecule has 0 spiro atoms. The molecule has 1 aromatic heterocycles. The first-order chi connectivity index (χ1) is 9.19. The second-order valence-corrected chi connectivity index (χ2v) is 6.12. The van der Waals surface area contributed by atoms with E-state index >= 15 is 0 Å². The molecule has 2 nitrogen and oxygen atoms in total. The molecular formula is C15H15BrO2S. The van der Waals surface area contributed by atoms with E-state index in [4.69, 9.17) is 4.74 Å². The quantitative estimate of drug-likeness (QED) is 0.712. The first kappa shape index (κ1) is 14.3. The number of thiophene rings is 1. The highest BCUT2D eigenvalue weighted by atomic mass is 79.9. The minimum Gasteiger partial charge on any atom is -0.494 e. The largest absolute Gasteiger partial charge is 0.494 e. The number of carbonyl (C=O) groups is 1. The van der Waals surface area contributed by atoms with Gasteiger partial charge in [-0.25, -0.2) is 0 Å². The van der Waals surface area contributed by atoms with E-state index in [9.17, 15) is 4.79 Å². The molecule has 2 rings (SSSR count). The van der Waals surface area contributed by atoms with E-state index < -0.39 is 0 Å². The molecule has 0 fully saturated rings. The number of carbonyl (C=O) groups excluding carboxylic acids is 1. The molecule has 0 aliphatic rings. The lowest BCUT2D eigenvalue weighted by Crippen LogP contribution is -2.03. The molecule has 100 valence electrons. The normalized spacial score (nSPS) is 10.4. The fourth-order valence-electron chi connectivity index (χ4n) is 1.69. The van der Waals surface area contributed by atoms with Gasteiger partial charge in [-0.3, -0.25) is 4.79 Å². The van der Waals surface area contributed by atoms with Crippen LogP contribution >= 0.6 is 27.3 Å². The Labute approximate surface area is 125 Å². The Morgan fingerprint density at radius 3 is 2.89 bits per heavy atom. The number of ether oxygens (including phenoxy) is 1. The summed E-state index contributed by atoms with van der Waals surface area (Å²) in [5.74, 6) is 0.886. The highest BCUT2D eigenvalue weighted by molar-refractivity contribution is 9.10. The van der Waals surface area contributed by atoms with Gasteiger partial charge in [-0.2, -0.15) is 0 Å². The van der Waals surface area contributed by atoms with Crippen molar-refractivity contribution < 1.29 is 9.53 Å². The molecule has 1 heterocycles. The maximum atomic E-state index is 12.2. The van der Waals surface area contributed by atoms with Crippen LogP contribution in [0.1, 0.15) is 28.6 Å². The Balaban J connectivity index is 2.06. The van der Waals surface area contributed by atoms with Crippen LogP contribution in [0.3, 0.4) is 0 Å². The molecular weight excluding hydrogens is 324 g/mol. The van der Waals surface area contributed by atoms with Crippen molar-refractivity contribution >= 4 is 33.0 Å². The zero-order chi connectivity index (χ0) is 13.7. The Bertz CT molecular complexity index is 563. The highest BCUT2D eigenvalue weighted by Crippen LogP contribution is 2.22. The van der Waals surface area contributed by atoms with Crippen LogP contribution in [0.4, 0.5) is 0 Å². The minimum absolute atomic E-state index is 0.122. The van der Waals surface area contributed by atoms with E-state index in [2.05, 4.69) is 22.9 Å². The van der Waals surface area contributed by atoms with Crippen LogP contribution in [0.15, 0.2) is 40.2 Å². The standard InChI is InChI=1S/C15H15BrO2S/c1-2-6-18-13-5-3-4-11(7-13)15(17)9-14-8-12(16)10-19-14/h3-5,7-8,10H,2,6,9H2,1H3. The molecule has 0 saturated carbocycles. The summed E-state index contributed by atoms with van der Waals surface area (Å²) in [6.45, 7) is 2.74. The van der Waals surface area contributed by atoms with Gasteiger partial charge in [-0.15, -0.1) is 11.3 Å². The van der Waals surface area contributed by atoms with Crippen LogP contribution in [0.5, 0.6) is 5.75 Å². The Kier molecular flexibility index (Phi) is 5.16. The number of benzene rings is 1. The van der Waals surface area contributed by atoms with Crippen LogP contribution in [-0.4, -0.2) is 12.4 Å². The lowest BCUT2D eigenvalue weighted by molar-refractivity contribution is 0.0993. The zero-order valence-corrected chi connectivity index (χ0v) is 13.1. The maximum Gasteiger partial charge on any atom is 0.168 e. The van der Waals surface area contributed by atoms with Crippen LogP contribution < -0.4 is 4.74 Å². The van der Waals surface area contributed by atoms with E-state index in [0.717, 1.165) is 21.5 Å². The van der Waals surface area contributed by atoms with Crippen LogP contribution in [0, 0.1) is 0 Å². The lowest BCUT2D eigenvalue weighted by atomic mass is 10.1. The molecule has 0 bridgehead atoms. The van der Waals surface area contributed by atoms with Crippen molar-refractivity contribution in [3.05, 3.63) is 50.6 Å². The average molecular weight is 339 g/mol. The lowest BCUT2D eigenvalue weighted by Gasteiger charge is -2.06. The molecule has 4 heteroatoms. The molecule has 0 aliphatic heterocycles. The predicted molar refractivity (Wildman–Crippen MR) is 82.3 cm³/mol. The summed E-state index contributed by atoms with van der Waals surface area (Å²) >= 11 is 4.99. The molecule has 0 radical (unpaired) electrons. The fraction of sp³-hybridized carbons (Fsp3) is 0.267. The number of hydrogen-bond acceptors (Lipinski definition) is 3.